The van der Waals surface area contributed by atoms with E-state index in [1.54, 1.807) is 45.6 Å². The van der Waals surface area contributed by atoms with Gasteiger partial charge in [0, 0.05) is 39.3 Å². The van der Waals surface area contributed by atoms with Gasteiger partial charge in [0.2, 0.25) is 11.8 Å². The van der Waals surface area contributed by atoms with Gasteiger partial charge >= 0.3 is 0 Å². The van der Waals surface area contributed by atoms with Crippen LogP contribution in [0.3, 0.4) is 0 Å². The lowest BCUT2D eigenvalue weighted by atomic mass is 10.1. The van der Waals surface area contributed by atoms with Gasteiger partial charge in [-0.05, 0) is 31.4 Å². The van der Waals surface area contributed by atoms with Gasteiger partial charge in [-0.1, -0.05) is 6.07 Å². The molecule has 1 saturated carbocycles. The highest BCUT2D eigenvalue weighted by Gasteiger charge is 2.29. The summed E-state index contributed by atoms with van der Waals surface area (Å²) in [5.74, 6) is 0.356. The molecular formula is C22H26N6O3. The monoisotopic (exact) mass is 422 g/mol. The van der Waals surface area contributed by atoms with Gasteiger partial charge in [-0.3, -0.25) is 14.6 Å². The Labute approximate surface area is 181 Å². The minimum Gasteiger partial charge on any atom is -0.385 e. The minimum absolute atomic E-state index is 0.0282. The van der Waals surface area contributed by atoms with Crippen molar-refractivity contribution in [3.8, 4) is 17.3 Å². The summed E-state index contributed by atoms with van der Waals surface area (Å²) in [7, 11) is 4.95. The van der Waals surface area contributed by atoms with E-state index in [9.17, 15) is 14.9 Å². The number of methoxy groups -OCH3 is 1. The molecule has 0 spiro atoms. The van der Waals surface area contributed by atoms with E-state index in [4.69, 9.17) is 4.74 Å². The third-order valence-electron chi connectivity index (χ3n) is 4.97. The zero-order valence-electron chi connectivity index (χ0n) is 17.9. The molecule has 0 radical (unpaired) electrons. The van der Waals surface area contributed by atoms with Gasteiger partial charge in [-0.2, -0.15) is 5.26 Å². The molecule has 1 aromatic heterocycles. The highest BCUT2D eigenvalue weighted by Crippen LogP contribution is 2.30. The van der Waals surface area contributed by atoms with E-state index in [1.807, 2.05) is 0 Å². The van der Waals surface area contributed by atoms with E-state index < -0.39 is 6.04 Å². The van der Waals surface area contributed by atoms with Crippen LogP contribution in [0, 0.1) is 17.2 Å². The summed E-state index contributed by atoms with van der Waals surface area (Å²) in [5, 5.41) is 15.5. The summed E-state index contributed by atoms with van der Waals surface area (Å²) in [6.07, 6.45) is 5.37. The van der Waals surface area contributed by atoms with Crippen molar-refractivity contribution in [2.45, 2.75) is 25.3 Å². The van der Waals surface area contributed by atoms with Crippen molar-refractivity contribution < 1.29 is 14.3 Å². The maximum atomic E-state index is 12.6. The second kappa shape index (κ2) is 10.00. The van der Waals surface area contributed by atoms with Gasteiger partial charge in [-0.25, -0.2) is 4.98 Å². The van der Waals surface area contributed by atoms with Crippen molar-refractivity contribution in [3.63, 3.8) is 0 Å². The maximum Gasteiger partial charge on any atom is 0.244 e. The molecule has 2 amide bonds. The van der Waals surface area contributed by atoms with Crippen LogP contribution in [0.5, 0.6) is 0 Å². The molecule has 2 N–H and O–H groups in total. The number of rotatable bonds is 9. The predicted octanol–water partition coefficient (Wildman–Crippen LogP) is 2.27. The minimum atomic E-state index is -0.539. The van der Waals surface area contributed by atoms with Crippen LogP contribution in [0.15, 0.2) is 30.6 Å². The number of anilines is 2. The highest BCUT2D eigenvalue weighted by atomic mass is 16.5. The lowest BCUT2D eigenvalue weighted by Gasteiger charge is -2.23. The largest absolute Gasteiger partial charge is 0.385 e. The number of carbonyl (C=O) groups is 2. The molecule has 1 aliphatic carbocycles. The molecule has 9 heteroatoms. The van der Waals surface area contributed by atoms with E-state index in [2.05, 4.69) is 26.7 Å². The summed E-state index contributed by atoms with van der Waals surface area (Å²) < 4.78 is 5.12. The smallest absolute Gasteiger partial charge is 0.244 e. The fourth-order valence-electron chi connectivity index (χ4n) is 3.03. The van der Waals surface area contributed by atoms with Crippen molar-refractivity contribution in [2.75, 3.05) is 38.4 Å². The summed E-state index contributed by atoms with van der Waals surface area (Å²) >= 11 is 0. The lowest BCUT2D eigenvalue weighted by molar-refractivity contribution is -0.129. The number of nitrogens with zero attached hydrogens (tertiary/aromatic N) is 4. The van der Waals surface area contributed by atoms with E-state index >= 15 is 0 Å². The molecular weight excluding hydrogens is 396 g/mol. The standard InChI is InChI=1S/C22H26N6O3/c1-28(2)22(30)17(8-9-31-3)26-18-10-15(6-7-16(18)11-23)19-12-25-20(13-24-19)27-21(29)14-4-5-14/h6-7,10,12-14,17,26H,4-5,8-9H2,1-3H3,(H,25,27,29)/t17-/m0/s1. The van der Waals surface area contributed by atoms with Gasteiger partial charge in [0.25, 0.3) is 0 Å². The fourth-order valence-corrected chi connectivity index (χ4v) is 3.03. The molecule has 2 aromatic rings. The number of hydrogen-bond acceptors (Lipinski definition) is 7. The molecule has 9 nitrogen and oxygen atoms in total. The number of benzene rings is 1. The average molecular weight is 422 g/mol. The van der Waals surface area contributed by atoms with Crippen LogP contribution in [-0.4, -0.2) is 60.5 Å². The van der Waals surface area contributed by atoms with Gasteiger partial charge in [0.15, 0.2) is 5.82 Å². The zero-order chi connectivity index (χ0) is 22.4. The average Bonchev–Trinajstić information content (AvgIpc) is 3.62. The molecule has 1 aromatic carbocycles. The third kappa shape index (κ3) is 5.77. The Hall–Kier alpha value is -3.51. The predicted molar refractivity (Wildman–Crippen MR) is 116 cm³/mol. The molecule has 1 atom stereocenters. The number of likely N-dealkylation sites (N-methyl/N-ethyl adjacent to an activating group) is 1. The van der Waals surface area contributed by atoms with Crippen molar-refractivity contribution in [2.24, 2.45) is 5.92 Å². The first-order chi connectivity index (χ1) is 14.9. The Morgan fingerprint density at radius 1 is 1.29 bits per heavy atom. The van der Waals surface area contributed by atoms with Crippen LogP contribution < -0.4 is 10.6 Å². The summed E-state index contributed by atoms with van der Waals surface area (Å²) in [6.45, 7) is 0.401. The van der Waals surface area contributed by atoms with Crippen molar-refractivity contribution >= 4 is 23.3 Å². The normalized spacial score (nSPS) is 13.7. The van der Waals surface area contributed by atoms with Crippen LogP contribution in [-0.2, 0) is 14.3 Å². The van der Waals surface area contributed by atoms with Crippen LogP contribution in [0.1, 0.15) is 24.8 Å². The van der Waals surface area contributed by atoms with Crippen LogP contribution in [0.4, 0.5) is 11.5 Å². The van der Waals surface area contributed by atoms with E-state index in [-0.39, 0.29) is 17.7 Å². The summed E-state index contributed by atoms with van der Waals surface area (Å²) in [5.41, 5.74) is 2.27. The number of nitrogens with one attached hydrogen (secondary N) is 2. The highest BCUT2D eigenvalue weighted by molar-refractivity contribution is 5.93. The Balaban J connectivity index is 1.81. The maximum absolute atomic E-state index is 12.6. The number of amides is 2. The topological polar surface area (TPSA) is 120 Å². The van der Waals surface area contributed by atoms with E-state index in [0.29, 0.717) is 35.8 Å². The zero-order valence-corrected chi connectivity index (χ0v) is 17.9. The van der Waals surface area contributed by atoms with E-state index in [1.165, 1.54) is 11.1 Å². The molecule has 1 heterocycles. The van der Waals surface area contributed by atoms with Crippen LogP contribution in [0.2, 0.25) is 0 Å². The molecule has 1 aliphatic rings. The summed E-state index contributed by atoms with van der Waals surface area (Å²) in [4.78, 5) is 34.6. The number of hydrogen-bond donors (Lipinski definition) is 2. The van der Waals surface area contributed by atoms with Crippen molar-refractivity contribution in [3.05, 3.63) is 36.2 Å². The number of ether oxygens (including phenoxy) is 1. The number of nitriles is 1. The molecule has 1 fully saturated rings. The SMILES string of the molecule is COCC[C@H](Nc1cc(-c2cnc(NC(=O)C3CC3)cn2)ccc1C#N)C(=O)N(C)C. The van der Waals surface area contributed by atoms with Gasteiger partial charge in [0.05, 0.1) is 29.3 Å². The first kappa shape index (κ1) is 22.2. The Morgan fingerprint density at radius 2 is 2.06 bits per heavy atom. The summed E-state index contributed by atoms with van der Waals surface area (Å²) in [6, 6.07) is 6.83. The quantitative estimate of drug-likeness (QED) is 0.636. The van der Waals surface area contributed by atoms with Crippen molar-refractivity contribution in [1.29, 1.82) is 5.26 Å². The van der Waals surface area contributed by atoms with E-state index in [0.717, 1.165) is 18.4 Å². The second-order valence-electron chi connectivity index (χ2n) is 7.63. The van der Waals surface area contributed by atoms with Gasteiger partial charge in [0.1, 0.15) is 12.1 Å². The van der Waals surface area contributed by atoms with Gasteiger partial charge in [-0.15, -0.1) is 0 Å². The molecule has 3 rings (SSSR count). The molecule has 0 unspecified atom stereocenters. The Bertz CT molecular complexity index is 980. The third-order valence-corrected chi connectivity index (χ3v) is 4.97. The molecule has 0 aliphatic heterocycles. The molecule has 0 saturated heterocycles. The fraction of sp³-hybridized carbons (Fsp3) is 0.409. The first-order valence-corrected chi connectivity index (χ1v) is 10.1. The number of aromatic nitrogens is 2. The Morgan fingerprint density at radius 3 is 2.65 bits per heavy atom. The Kier molecular flexibility index (Phi) is 7.15. The lowest BCUT2D eigenvalue weighted by Crippen LogP contribution is -2.39. The molecule has 162 valence electrons. The van der Waals surface area contributed by atoms with Gasteiger partial charge < -0.3 is 20.3 Å². The molecule has 31 heavy (non-hydrogen) atoms. The first-order valence-electron chi connectivity index (χ1n) is 10.1. The number of carbonyl (C=O) groups excluding carboxylic acids is 2. The van der Waals surface area contributed by atoms with Crippen molar-refractivity contribution in [1.82, 2.24) is 14.9 Å². The second-order valence-corrected chi connectivity index (χ2v) is 7.63. The van der Waals surface area contributed by atoms with Crippen LogP contribution >= 0.6 is 0 Å². The van der Waals surface area contributed by atoms with Crippen LogP contribution in [0.25, 0.3) is 11.3 Å². The molecule has 0 bridgehead atoms.